The van der Waals surface area contributed by atoms with Crippen molar-refractivity contribution in [3.63, 3.8) is 0 Å². The number of hydrogen-bond donors (Lipinski definition) is 1. The summed E-state index contributed by atoms with van der Waals surface area (Å²) in [5.41, 5.74) is 7.39. The molecule has 1 heterocycles. The Hall–Kier alpha value is -1.15. The summed E-state index contributed by atoms with van der Waals surface area (Å²) < 4.78 is 33.7. The summed E-state index contributed by atoms with van der Waals surface area (Å²) in [4.78, 5) is 0. The van der Waals surface area contributed by atoms with Crippen LogP contribution in [0.25, 0.3) is 0 Å². The van der Waals surface area contributed by atoms with E-state index in [2.05, 4.69) is 0 Å². The van der Waals surface area contributed by atoms with E-state index in [1.165, 1.54) is 8.61 Å². The van der Waals surface area contributed by atoms with Gasteiger partial charge in [-0.1, -0.05) is 25.1 Å². The molecule has 1 aromatic carbocycles. The van der Waals surface area contributed by atoms with Crippen LogP contribution in [0.5, 0.6) is 0 Å². The number of hydrogen-bond acceptors (Lipinski definition) is 4. The van der Waals surface area contributed by atoms with Crippen LogP contribution in [0.2, 0.25) is 0 Å². The van der Waals surface area contributed by atoms with E-state index in [1.54, 1.807) is 6.07 Å². The zero-order chi connectivity index (χ0) is 15.3. The topological polar surface area (TPSA) is 75.9 Å². The van der Waals surface area contributed by atoms with Crippen LogP contribution >= 0.6 is 0 Å². The van der Waals surface area contributed by atoms with Crippen molar-refractivity contribution in [2.45, 2.75) is 19.9 Å². The first-order chi connectivity index (χ1) is 10.1. The van der Waals surface area contributed by atoms with Gasteiger partial charge in [0.2, 0.25) is 0 Å². The predicted molar refractivity (Wildman–Crippen MR) is 82.9 cm³/mol. The number of nitrogen functional groups attached to an aromatic ring is 1. The highest BCUT2D eigenvalue weighted by molar-refractivity contribution is 7.86. The second kappa shape index (κ2) is 7.22. The number of nitrogens with two attached hydrogens (primary N) is 1. The van der Waals surface area contributed by atoms with Crippen LogP contribution in [0.4, 0.5) is 5.69 Å². The Morgan fingerprint density at radius 1 is 1.29 bits per heavy atom. The molecule has 0 aliphatic carbocycles. The van der Waals surface area contributed by atoms with Gasteiger partial charge < -0.3 is 10.5 Å². The summed E-state index contributed by atoms with van der Waals surface area (Å²) in [5, 5.41) is 0. The number of anilines is 1. The van der Waals surface area contributed by atoms with Gasteiger partial charge in [-0.15, -0.1) is 0 Å². The molecule has 0 radical (unpaired) electrons. The van der Waals surface area contributed by atoms with E-state index in [4.69, 9.17) is 10.5 Å². The minimum absolute atomic E-state index is 0.306. The minimum atomic E-state index is -3.47. The second-order valence-corrected chi connectivity index (χ2v) is 6.98. The van der Waals surface area contributed by atoms with E-state index >= 15 is 0 Å². The van der Waals surface area contributed by atoms with Gasteiger partial charge in [0.1, 0.15) is 0 Å². The molecule has 0 saturated carbocycles. The largest absolute Gasteiger partial charge is 0.398 e. The fourth-order valence-corrected chi connectivity index (χ4v) is 3.99. The lowest BCUT2D eigenvalue weighted by Gasteiger charge is -2.32. The summed E-state index contributed by atoms with van der Waals surface area (Å²) in [5.74, 6) is 0. The lowest BCUT2D eigenvalue weighted by atomic mass is 10.2. The average Bonchev–Trinajstić information content (AvgIpc) is 2.50. The molecule has 21 heavy (non-hydrogen) atoms. The fourth-order valence-electron chi connectivity index (χ4n) is 2.33. The number of para-hydroxylation sites is 1. The maximum absolute atomic E-state index is 12.7. The van der Waals surface area contributed by atoms with Crippen LogP contribution in [-0.2, 0) is 21.5 Å². The summed E-state index contributed by atoms with van der Waals surface area (Å²) in [6.45, 7) is 4.48. The predicted octanol–water partition coefficient (Wildman–Crippen LogP) is 1.06. The van der Waals surface area contributed by atoms with Crippen molar-refractivity contribution < 1.29 is 13.2 Å². The van der Waals surface area contributed by atoms with Crippen molar-refractivity contribution in [1.82, 2.24) is 8.61 Å². The van der Waals surface area contributed by atoms with Gasteiger partial charge in [-0.25, -0.2) is 0 Å². The van der Waals surface area contributed by atoms with Crippen molar-refractivity contribution in [1.29, 1.82) is 0 Å². The van der Waals surface area contributed by atoms with Gasteiger partial charge in [0, 0.05) is 31.9 Å². The molecule has 0 unspecified atom stereocenters. The molecule has 2 N–H and O–H groups in total. The van der Waals surface area contributed by atoms with E-state index in [1.807, 2.05) is 25.1 Å². The van der Waals surface area contributed by atoms with Crippen LogP contribution in [0.3, 0.4) is 0 Å². The van der Waals surface area contributed by atoms with Gasteiger partial charge in [0.05, 0.1) is 13.2 Å². The number of benzene rings is 1. The zero-order valence-electron chi connectivity index (χ0n) is 12.4. The molecular formula is C14H23N3O3S. The molecule has 1 aliphatic rings. The Morgan fingerprint density at radius 2 is 1.95 bits per heavy atom. The van der Waals surface area contributed by atoms with Crippen molar-refractivity contribution in [2.75, 3.05) is 38.6 Å². The second-order valence-electron chi connectivity index (χ2n) is 5.05. The summed E-state index contributed by atoms with van der Waals surface area (Å²) >= 11 is 0. The molecule has 1 aliphatic heterocycles. The Labute approximate surface area is 126 Å². The molecule has 0 atom stereocenters. The number of nitrogens with zero attached hydrogens (tertiary/aromatic N) is 2. The summed E-state index contributed by atoms with van der Waals surface area (Å²) in [6, 6.07) is 7.38. The van der Waals surface area contributed by atoms with Gasteiger partial charge in [-0.3, -0.25) is 0 Å². The van der Waals surface area contributed by atoms with Crippen LogP contribution in [-0.4, -0.2) is 49.9 Å². The highest BCUT2D eigenvalue weighted by Gasteiger charge is 2.30. The van der Waals surface area contributed by atoms with Gasteiger partial charge in [0.25, 0.3) is 10.2 Å². The molecule has 118 valence electrons. The highest BCUT2D eigenvalue weighted by atomic mass is 32.2. The van der Waals surface area contributed by atoms with E-state index in [9.17, 15) is 8.42 Å². The SMILES string of the molecule is CCCN(Cc1ccccc1N)S(=O)(=O)N1CCOCC1. The molecule has 0 spiro atoms. The van der Waals surface area contributed by atoms with Crippen molar-refractivity contribution in [3.8, 4) is 0 Å². The van der Waals surface area contributed by atoms with Gasteiger partial charge in [0.15, 0.2) is 0 Å². The molecule has 1 aromatic rings. The van der Waals surface area contributed by atoms with Crippen molar-refractivity contribution in [2.24, 2.45) is 0 Å². The van der Waals surface area contributed by atoms with Crippen molar-refractivity contribution in [3.05, 3.63) is 29.8 Å². The Kier molecular flexibility index (Phi) is 5.58. The molecule has 0 amide bonds. The van der Waals surface area contributed by atoms with Crippen molar-refractivity contribution >= 4 is 15.9 Å². The smallest absolute Gasteiger partial charge is 0.282 e. The first kappa shape index (κ1) is 16.2. The van der Waals surface area contributed by atoms with E-state index in [-0.39, 0.29) is 0 Å². The van der Waals surface area contributed by atoms with Gasteiger partial charge >= 0.3 is 0 Å². The monoisotopic (exact) mass is 313 g/mol. The normalized spacial score (nSPS) is 17.2. The van der Waals surface area contributed by atoms with E-state index in [0.29, 0.717) is 45.1 Å². The third-order valence-electron chi connectivity index (χ3n) is 3.50. The van der Waals surface area contributed by atoms with Crippen LogP contribution < -0.4 is 5.73 Å². The van der Waals surface area contributed by atoms with Gasteiger partial charge in [-0.05, 0) is 18.1 Å². The molecule has 2 rings (SSSR count). The average molecular weight is 313 g/mol. The van der Waals surface area contributed by atoms with Gasteiger partial charge in [-0.2, -0.15) is 17.0 Å². The first-order valence-corrected chi connectivity index (χ1v) is 8.61. The zero-order valence-corrected chi connectivity index (χ0v) is 13.2. The van der Waals surface area contributed by atoms with E-state index < -0.39 is 10.2 Å². The number of morpholine rings is 1. The van der Waals surface area contributed by atoms with Crippen LogP contribution in [0, 0.1) is 0 Å². The maximum Gasteiger partial charge on any atom is 0.282 e. The highest BCUT2D eigenvalue weighted by Crippen LogP contribution is 2.19. The number of ether oxygens (including phenoxy) is 1. The van der Waals surface area contributed by atoms with E-state index in [0.717, 1.165) is 12.0 Å². The Bertz CT molecular complexity index is 556. The molecule has 0 bridgehead atoms. The molecule has 6 nitrogen and oxygen atoms in total. The molecule has 0 aromatic heterocycles. The fraction of sp³-hybridized carbons (Fsp3) is 0.571. The summed E-state index contributed by atoms with van der Waals surface area (Å²) in [6.07, 6.45) is 0.760. The lowest BCUT2D eigenvalue weighted by Crippen LogP contribution is -2.48. The Balaban J connectivity index is 2.19. The molecule has 1 fully saturated rings. The van der Waals surface area contributed by atoms with Crippen LogP contribution in [0.15, 0.2) is 24.3 Å². The first-order valence-electron chi connectivity index (χ1n) is 7.22. The minimum Gasteiger partial charge on any atom is -0.398 e. The number of rotatable bonds is 6. The standard InChI is InChI=1S/C14H23N3O3S/c1-2-7-17(12-13-5-3-4-6-14(13)15)21(18,19)16-8-10-20-11-9-16/h3-6H,2,7-12,15H2,1H3. The summed E-state index contributed by atoms with van der Waals surface area (Å²) in [7, 11) is -3.47. The Morgan fingerprint density at radius 3 is 2.57 bits per heavy atom. The van der Waals surface area contributed by atoms with Crippen LogP contribution in [0.1, 0.15) is 18.9 Å². The molecular weight excluding hydrogens is 290 g/mol. The molecule has 7 heteroatoms. The quantitative estimate of drug-likeness (QED) is 0.797. The molecule has 1 saturated heterocycles. The maximum atomic E-state index is 12.7. The third-order valence-corrected chi connectivity index (χ3v) is 5.48. The third kappa shape index (κ3) is 3.94. The lowest BCUT2D eigenvalue weighted by molar-refractivity contribution is 0.0700.